The summed E-state index contributed by atoms with van der Waals surface area (Å²) in [7, 11) is 0. The summed E-state index contributed by atoms with van der Waals surface area (Å²) in [4.78, 5) is 21.5. The van der Waals surface area contributed by atoms with Gasteiger partial charge >= 0.3 is 0 Å². The fraction of sp³-hybridized carbons (Fsp3) is 0.250. The highest BCUT2D eigenvalue weighted by Gasteiger charge is 2.13. The molecule has 0 spiro atoms. The molecule has 5 nitrogen and oxygen atoms in total. The first-order valence-electron chi connectivity index (χ1n) is 8.63. The van der Waals surface area contributed by atoms with Crippen LogP contribution in [0.1, 0.15) is 40.7 Å². The molecule has 3 rings (SSSR count). The Kier molecular flexibility index (Phi) is 5.63. The molecule has 1 amide bonds. The Morgan fingerprint density at radius 3 is 2.54 bits per heavy atom. The van der Waals surface area contributed by atoms with Crippen molar-refractivity contribution in [1.82, 2.24) is 9.97 Å². The van der Waals surface area contributed by atoms with Crippen LogP contribution in [-0.4, -0.2) is 15.9 Å². The van der Waals surface area contributed by atoms with E-state index in [1.54, 1.807) is 5.38 Å². The number of thiazole rings is 1. The number of pyridine rings is 1. The molecule has 2 aromatic heterocycles. The van der Waals surface area contributed by atoms with Crippen molar-refractivity contribution in [2.75, 3.05) is 10.6 Å². The molecule has 2 N–H and O–H groups in total. The lowest BCUT2D eigenvalue weighted by molar-refractivity contribution is 0.102. The Morgan fingerprint density at radius 2 is 1.81 bits per heavy atom. The molecule has 134 valence electrons. The molecule has 3 aromatic rings. The Bertz CT molecular complexity index is 899. The minimum Gasteiger partial charge on any atom is -0.320 e. The molecule has 0 bridgehead atoms. The molecule has 0 aliphatic carbocycles. The first-order valence-corrected chi connectivity index (χ1v) is 9.51. The van der Waals surface area contributed by atoms with Crippen LogP contribution in [0.4, 0.5) is 16.6 Å². The van der Waals surface area contributed by atoms with Crippen molar-refractivity contribution in [1.29, 1.82) is 0 Å². The maximum Gasteiger partial charge on any atom is 0.275 e. The van der Waals surface area contributed by atoms with Crippen molar-refractivity contribution < 1.29 is 4.79 Å². The predicted octanol–water partition coefficient (Wildman–Crippen LogP) is 5.10. The smallest absolute Gasteiger partial charge is 0.275 e. The molecule has 0 fully saturated rings. The molecule has 0 atom stereocenters. The van der Waals surface area contributed by atoms with E-state index in [-0.39, 0.29) is 5.91 Å². The summed E-state index contributed by atoms with van der Waals surface area (Å²) >= 11 is 1.39. The molecule has 0 radical (unpaired) electrons. The van der Waals surface area contributed by atoms with E-state index in [2.05, 4.69) is 27.5 Å². The normalized spacial score (nSPS) is 10.6. The van der Waals surface area contributed by atoms with E-state index >= 15 is 0 Å². The summed E-state index contributed by atoms with van der Waals surface area (Å²) in [6.45, 7) is 6.08. The molecule has 6 heteroatoms. The van der Waals surface area contributed by atoms with Gasteiger partial charge in [0.15, 0.2) is 5.13 Å². The number of para-hydroxylation sites is 1. The number of amides is 1. The largest absolute Gasteiger partial charge is 0.320 e. The zero-order valence-electron chi connectivity index (χ0n) is 15.2. The number of aryl methyl sites for hydroxylation is 3. The first-order chi connectivity index (χ1) is 12.6. The lowest BCUT2D eigenvalue weighted by Crippen LogP contribution is -2.14. The lowest BCUT2D eigenvalue weighted by atomic mass is 10.1. The van der Waals surface area contributed by atoms with Crippen LogP contribution in [0.5, 0.6) is 0 Å². The minimum atomic E-state index is -0.209. The summed E-state index contributed by atoms with van der Waals surface area (Å²) in [5.74, 6) is 0.534. The molecule has 0 aliphatic rings. The minimum absolute atomic E-state index is 0.209. The van der Waals surface area contributed by atoms with E-state index in [0.29, 0.717) is 10.8 Å². The van der Waals surface area contributed by atoms with E-state index in [1.807, 2.05) is 50.2 Å². The van der Waals surface area contributed by atoms with Gasteiger partial charge in [0.25, 0.3) is 5.91 Å². The highest BCUT2D eigenvalue weighted by molar-refractivity contribution is 7.14. The van der Waals surface area contributed by atoms with Gasteiger partial charge in [-0.15, -0.1) is 11.3 Å². The van der Waals surface area contributed by atoms with Crippen LogP contribution in [0.3, 0.4) is 0 Å². The second-order valence-corrected chi connectivity index (χ2v) is 7.01. The van der Waals surface area contributed by atoms with Crippen LogP contribution in [0.2, 0.25) is 0 Å². The third kappa shape index (κ3) is 4.26. The second kappa shape index (κ2) is 8.10. The SMILES string of the molecule is CCCc1cccc(Nc2nc(C(=O)Nc3c(C)cccc3C)cs2)n1. The van der Waals surface area contributed by atoms with Crippen LogP contribution >= 0.6 is 11.3 Å². The lowest BCUT2D eigenvalue weighted by Gasteiger charge is -2.10. The third-order valence-electron chi connectivity index (χ3n) is 4.00. The van der Waals surface area contributed by atoms with Gasteiger partial charge in [0.2, 0.25) is 0 Å². The zero-order chi connectivity index (χ0) is 18.5. The number of hydrogen-bond donors (Lipinski definition) is 2. The van der Waals surface area contributed by atoms with E-state index in [9.17, 15) is 4.79 Å². The third-order valence-corrected chi connectivity index (χ3v) is 4.76. The van der Waals surface area contributed by atoms with E-state index in [1.165, 1.54) is 11.3 Å². The molecule has 0 aliphatic heterocycles. The van der Waals surface area contributed by atoms with Crippen molar-refractivity contribution in [3.63, 3.8) is 0 Å². The number of benzene rings is 1. The van der Waals surface area contributed by atoms with E-state index < -0.39 is 0 Å². The average molecular weight is 366 g/mol. The number of nitrogens with one attached hydrogen (secondary N) is 2. The maximum atomic E-state index is 12.5. The Morgan fingerprint density at radius 1 is 1.08 bits per heavy atom. The van der Waals surface area contributed by atoms with Gasteiger partial charge < -0.3 is 10.6 Å². The summed E-state index contributed by atoms with van der Waals surface area (Å²) in [6.07, 6.45) is 1.99. The number of anilines is 3. The topological polar surface area (TPSA) is 66.9 Å². The number of carbonyl (C=O) groups excluding carboxylic acids is 1. The van der Waals surface area contributed by atoms with Crippen LogP contribution < -0.4 is 10.6 Å². The Balaban J connectivity index is 1.71. The van der Waals surface area contributed by atoms with E-state index in [0.717, 1.165) is 41.2 Å². The first kappa shape index (κ1) is 18.1. The van der Waals surface area contributed by atoms with Gasteiger partial charge in [-0.2, -0.15) is 0 Å². The fourth-order valence-corrected chi connectivity index (χ4v) is 3.38. The summed E-state index contributed by atoms with van der Waals surface area (Å²) in [5.41, 5.74) is 4.34. The monoisotopic (exact) mass is 366 g/mol. The van der Waals surface area contributed by atoms with Crippen LogP contribution in [0, 0.1) is 13.8 Å². The van der Waals surface area contributed by atoms with Crippen LogP contribution in [0.15, 0.2) is 41.8 Å². The Hall–Kier alpha value is -2.73. The van der Waals surface area contributed by atoms with Crippen molar-refractivity contribution in [3.8, 4) is 0 Å². The van der Waals surface area contributed by atoms with Crippen molar-refractivity contribution in [2.45, 2.75) is 33.6 Å². The quantitative estimate of drug-likeness (QED) is 0.637. The van der Waals surface area contributed by atoms with Gasteiger partial charge in [0, 0.05) is 16.8 Å². The van der Waals surface area contributed by atoms with Gasteiger partial charge in [-0.1, -0.05) is 37.6 Å². The van der Waals surface area contributed by atoms with Crippen molar-refractivity contribution in [2.24, 2.45) is 0 Å². The molecule has 26 heavy (non-hydrogen) atoms. The molecule has 1 aromatic carbocycles. The number of hydrogen-bond acceptors (Lipinski definition) is 5. The van der Waals surface area contributed by atoms with E-state index in [4.69, 9.17) is 0 Å². The van der Waals surface area contributed by atoms with Crippen molar-refractivity contribution >= 4 is 33.9 Å². The van der Waals surface area contributed by atoms with Crippen LogP contribution in [0.25, 0.3) is 0 Å². The van der Waals surface area contributed by atoms with Crippen molar-refractivity contribution in [3.05, 3.63) is 64.3 Å². The summed E-state index contributed by atoms with van der Waals surface area (Å²) in [5, 5.41) is 8.54. The van der Waals surface area contributed by atoms with Gasteiger partial charge in [-0.3, -0.25) is 4.79 Å². The number of carbonyl (C=O) groups is 1. The van der Waals surface area contributed by atoms with Crippen LogP contribution in [-0.2, 0) is 6.42 Å². The standard InChI is InChI=1S/C20H22N4OS/c1-4-7-15-10-6-11-17(21-15)23-20-22-16(12-26-20)19(25)24-18-13(2)8-5-9-14(18)3/h5-6,8-12H,4,7H2,1-3H3,(H,24,25)(H,21,22,23). The predicted molar refractivity (Wildman–Crippen MR) is 107 cm³/mol. The zero-order valence-corrected chi connectivity index (χ0v) is 16.0. The highest BCUT2D eigenvalue weighted by atomic mass is 32.1. The van der Waals surface area contributed by atoms with Gasteiger partial charge in [-0.05, 0) is 43.5 Å². The van der Waals surface area contributed by atoms with Gasteiger partial charge in [-0.25, -0.2) is 9.97 Å². The fourth-order valence-electron chi connectivity index (χ4n) is 2.68. The molecular weight excluding hydrogens is 344 g/mol. The second-order valence-electron chi connectivity index (χ2n) is 6.15. The summed E-state index contributed by atoms with van der Waals surface area (Å²) in [6, 6.07) is 11.8. The molecule has 2 heterocycles. The molecule has 0 saturated heterocycles. The molecule has 0 unspecified atom stereocenters. The number of aromatic nitrogens is 2. The Labute approximate surface area is 157 Å². The maximum absolute atomic E-state index is 12.5. The molecular formula is C20H22N4OS. The van der Waals surface area contributed by atoms with Gasteiger partial charge in [0.05, 0.1) is 0 Å². The van der Waals surface area contributed by atoms with Gasteiger partial charge in [0.1, 0.15) is 11.5 Å². The average Bonchev–Trinajstić information content (AvgIpc) is 3.07. The summed E-state index contributed by atoms with van der Waals surface area (Å²) < 4.78 is 0. The number of nitrogens with zero attached hydrogens (tertiary/aromatic N) is 2. The number of rotatable bonds is 6. The highest BCUT2D eigenvalue weighted by Crippen LogP contribution is 2.23. The molecule has 0 saturated carbocycles.